The van der Waals surface area contributed by atoms with E-state index in [0.717, 1.165) is 0 Å². The number of carbonyl (C=O) groups is 1. The molecule has 0 aromatic carbocycles. The molecule has 0 aliphatic carbocycles. The Morgan fingerprint density at radius 2 is 1.72 bits per heavy atom. The molecule has 1 N–H and O–H groups in total. The molecule has 92 valence electrons. The van der Waals surface area contributed by atoms with Crippen molar-refractivity contribution in [3.05, 3.63) is 46.5 Å². The predicted molar refractivity (Wildman–Crippen MR) is 65.3 cm³/mol. The highest BCUT2D eigenvalue weighted by Crippen LogP contribution is 2.19. The lowest BCUT2D eigenvalue weighted by molar-refractivity contribution is 0.0949. The molecule has 0 aliphatic heterocycles. The predicted octanol–water partition coefficient (Wildman–Crippen LogP) is 1.50. The Labute approximate surface area is 112 Å². The van der Waals surface area contributed by atoms with Gasteiger partial charge >= 0.3 is 0 Å². The highest BCUT2D eigenvalue weighted by molar-refractivity contribution is 6.38. The number of hydrogen-bond donors (Lipinski definition) is 1. The molecular formula is C10H7Cl2N5O. The molecule has 0 saturated heterocycles. The van der Waals surface area contributed by atoms with Crippen molar-refractivity contribution >= 4 is 29.1 Å². The van der Waals surface area contributed by atoms with Crippen LogP contribution in [-0.4, -0.2) is 25.8 Å². The van der Waals surface area contributed by atoms with Crippen LogP contribution >= 0.6 is 23.2 Å². The van der Waals surface area contributed by atoms with Crippen molar-refractivity contribution in [1.29, 1.82) is 0 Å². The molecule has 8 heteroatoms. The topological polar surface area (TPSA) is 80.7 Å². The van der Waals surface area contributed by atoms with E-state index in [1.165, 1.54) is 6.33 Å². The van der Waals surface area contributed by atoms with Gasteiger partial charge in [0.05, 0.1) is 6.54 Å². The van der Waals surface area contributed by atoms with Crippen molar-refractivity contribution in [2.24, 2.45) is 0 Å². The minimum atomic E-state index is -0.474. The molecule has 18 heavy (non-hydrogen) atoms. The normalized spacial score (nSPS) is 10.1. The van der Waals surface area contributed by atoms with Crippen molar-refractivity contribution < 1.29 is 4.79 Å². The smallest absolute Gasteiger partial charge is 0.257 e. The molecule has 2 aromatic rings. The van der Waals surface area contributed by atoms with E-state index in [2.05, 4.69) is 25.3 Å². The van der Waals surface area contributed by atoms with E-state index in [0.29, 0.717) is 5.82 Å². The fourth-order valence-electron chi connectivity index (χ4n) is 1.20. The summed E-state index contributed by atoms with van der Waals surface area (Å²) in [6.45, 7) is 0.168. The lowest BCUT2D eigenvalue weighted by Gasteiger charge is -2.06. The zero-order chi connectivity index (χ0) is 13.0. The zero-order valence-electron chi connectivity index (χ0n) is 8.97. The SMILES string of the molecule is O=C(NCc1ncccn1)c1c(Cl)ncnc1Cl. The van der Waals surface area contributed by atoms with Gasteiger partial charge in [-0.05, 0) is 6.07 Å². The van der Waals surface area contributed by atoms with E-state index in [1.807, 2.05) is 0 Å². The van der Waals surface area contributed by atoms with E-state index in [1.54, 1.807) is 18.5 Å². The van der Waals surface area contributed by atoms with E-state index in [-0.39, 0.29) is 22.4 Å². The van der Waals surface area contributed by atoms with Crippen molar-refractivity contribution in [1.82, 2.24) is 25.3 Å². The summed E-state index contributed by atoms with van der Waals surface area (Å²) in [5, 5.41) is 2.59. The fourth-order valence-corrected chi connectivity index (χ4v) is 1.69. The molecule has 0 saturated carbocycles. The summed E-state index contributed by atoms with van der Waals surface area (Å²) in [5.41, 5.74) is 0.0387. The Kier molecular flexibility index (Phi) is 4.01. The molecule has 0 radical (unpaired) electrons. The third-order valence-corrected chi connectivity index (χ3v) is 2.58. The average Bonchev–Trinajstić information content (AvgIpc) is 2.37. The Morgan fingerprint density at radius 1 is 1.11 bits per heavy atom. The summed E-state index contributed by atoms with van der Waals surface area (Å²) in [7, 11) is 0. The number of carbonyl (C=O) groups excluding carboxylic acids is 1. The molecule has 0 aliphatic rings. The van der Waals surface area contributed by atoms with Crippen LogP contribution in [0.5, 0.6) is 0 Å². The van der Waals surface area contributed by atoms with Crippen LogP contribution in [0.3, 0.4) is 0 Å². The number of nitrogens with one attached hydrogen (secondary N) is 1. The fraction of sp³-hybridized carbons (Fsp3) is 0.100. The van der Waals surface area contributed by atoms with Gasteiger partial charge in [0.25, 0.3) is 5.91 Å². The molecular weight excluding hydrogens is 277 g/mol. The zero-order valence-corrected chi connectivity index (χ0v) is 10.5. The van der Waals surface area contributed by atoms with Crippen molar-refractivity contribution in [3.63, 3.8) is 0 Å². The molecule has 0 atom stereocenters. The van der Waals surface area contributed by atoms with Crippen molar-refractivity contribution in [2.75, 3.05) is 0 Å². The minimum Gasteiger partial charge on any atom is -0.345 e. The summed E-state index contributed by atoms with van der Waals surface area (Å²) in [4.78, 5) is 27.2. The maximum atomic E-state index is 11.8. The van der Waals surface area contributed by atoms with Crippen LogP contribution in [0.4, 0.5) is 0 Å². The van der Waals surface area contributed by atoms with Crippen LogP contribution in [-0.2, 0) is 6.54 Å². The monoisotopic (exact) mass is 283 g/mol. The number of amides is 1. The van der Waals surface area contributed by atoms with Gasteiger partial charge < -0.3 is 5.32 Å². The standard InChI is InChI=1S/C10H7Cl2N5O/c11-8-7(9(12)17-5-16-8)10(18)15-4-6-13-2-1-3-14-6/h1-3,5H,4H2,(H,15,18). The largest absolute Gasteiger partial charge is 0.345 e. The lowest BCUT2D eigenvalue weighted by atomic mass is 10.3. The van der Waals surface area contributed by atoms with Crippen LogP contribution in [0.1, 0.15) is 16.2 Å². The molecule has 0 fully saturated rings. The Balaban J connectivity index is 2.09. The second-order valence-corrected chi connectivity index (χ2v) is 3.89. The molecule has 2 rings (SSSR count). The molecule has 2 aromatic heterocycles. The van der Waals surface area contributed by atoms with Crippen LogP contribution in [0.2, 0.25) is 10.3 Å². The van der Waals surface area contributed by atoms with Crippen LogP contribution in [0.15, 0.2) is 24.8 Å². The van der Waals surface area contributed by atoms with E-state index in [9.17, 15) is 4.79 Å². The Bertz CT molecular complexity index is 543. The Hall–Kier alpha value is -1.79. The second-order valence-electron chi connectivity index (χ2n) is 3.18. The highest BCUT2D eigenvalue weighted by atomic mass is 35.5. The van der Waals surface area contributed by atoms with Gasteiger partial charge in [-0.1, -0.05) is 23.2 Å². The van der Waals surface area contributed by atoms with E-state index < -0.39 is 5.91 Å². The number of nitrogens with zero attached hydrogens (tertiary/aromatic N) is 4. The van der Waals surface area contributed by atoms with Gasteiger partial charge in [-0.3, -0.25) is 4.79 Å². The van der Waals surface area contributed by atoms with Crippen molar-refractivity contribution in [3.8, 4) is 0 Å². The Morgan fingerprint density at radius 3 is 2.33 bits per heavy atom. The number of aromatic nitrogens is 4. The van der Waals surface area contributed by atoms with Crippen LogP contribution in [0.25, 0.3) is 0 Å². The molecule has 6 nitrogen and oxygen atoms in total. The number of rotatable bonds is 3. The maximum absolute atomic E-state index is 11.8. The first-order valence-electron chi connectivity index (χ1n) is 4.88. The first kappa shape index (κ1) is 12.7. The second kappa shape index (κ2) is 5.70. The number of halogens is 2. The molecule has 0 bridgehead atoms. The highest BCUT2D eigenvalue weighted by Gasteiger charge is 2.16. The van der Waals surface area contributed by atoms with Crippen LogP contribution < -0.4 is 5.32 Å². The summed E-state index contributed by atoms with van der Waals surface area (Å²) in [5.74, 6) is 0.00741. The number of hydrogen-bond acceptors (Lipinski definition) is 5. The summed E-state index contributed by atoms with van der Waals surface area (Å²) in [6.07, 6.45) is 4.35. The first-order valence-corrected chi connectivity index (χ1v) is 5.64. The average molecular weight is 284 g/mol. The van der Waals surface area contributed by atoms with Gasteiger partial charge in [0.2, 0.25) is 0 Å². The lowest BCUT2D eigenvalue weighted by Crippen LogP contribution is -2.25. The van der Waals surface area contributed by atoms with Gasteiger partial charge in [0, 0.05) is 12.4 Å². The maximum Gasteiger partial charge on any atom is 0.257 e. The first-order chi connectivity index (χ1) is 8.68. The van der Waals surface area contributed by atoms with Crippen LogP contribution in [0, 0.1) is 0 Å². The van der Waals surface area contributed by atoms with Gasteiger partial charge in [-0.15, -0.1) is 0 Å². The molecule has 0 unspecified atom stereocenters. The summed E-state index contributed by atoms with van der Waals surface area (Å²) >= 11 is 11.6. The third kappa shape index (κ3) is 2.91. The van der Waals surface area contributed by atoms with Gasteiger partial charge in [-0.25, -0.2) is 19.9 Å². The molecule has 0 spiro atoms. The third-order valence-electron chi connectivity index (χ3n) is 2.01. The summed E-state index contributed by atoms with van der Waals surface area (Å²) < 4.78 is 0. The molecule has 1 amide bonds. The summed E-state index contributed by atoms with van der Waals surface area (Å²) in [6, 6.07) is 1.68. The van der Waals surface area contributed by atoms with Gasteiger partial charge in [-0.2, -0.15) is 0 Å². The minimum absolute atomic E-state index is 0.00137. The molecule has 2 heterocycles. The quantitative estimate of drug-likeness (QED) is 0.864. The van der Waals surface area contributed by atoms with E-state index in [4.69, 9.17) is 23.2 Å². The van der Waals surface area contributed by atoms with Gasteiger partial charge in [0.1, 0.15) is 28.0 Å². The van der Waals surface area contributed by atoms with E-state index >= 15 is 0 Å². The van der Waals surface area contributed by atoms with Gasteiger partial charge in [0.15, 0.2) is 0 Å². The van der Waals surface area contributed by atoms with Crippen molar-refractivity contribution in [2.45, 2.75) is 6.54 Å².